The van der Waals surface area contributed by atoms with Gasteiger partial charge in [0.15, 0.2) is 17.6 Å². The van der Waals surface area contributed by atoms with Gasteiger partial charge >= 0.3 is 0 Å². The third kappa shape index (κ3) is 2.68. The smallest absolute Gasteiger partial charge is 0.265 e. The molecule has 0 bridgehead atoms. The molecule has 2 aliphatic heterocycles. The number of anilines is 1. The number of halogens is 1. The second kappa shape index (κ2) is 5.66. The molecule has 0 fully saturated rings. The molecule has 1 amide bonds. The summed E-state index contributed by atoms with van der Waals surface area (Å²) in [5.41, 5.74) is 1.61. The average molecular weight is 332 g/mol. The van der Waals surface area contributed by atoms with Crippen molar-refractivity contribution >= 4 is 23.2 Å². The predicted octanol–water partition coefficient (Wildman–Crippen LogP) is 3.40. The lowest BCUT2D eigenvalue weighted by atomic mass is 10.0. The summed E-state index contributed by atoms with van der Waals surface area (Å²) >= 11 is 6.07. The highest BCUT2D eigenvalue weighted by Crippen LogP contribution is 2.41. The lowest BCUT2D eigenvalue weighted by molar-refractivity contribution is -0.123. The molecular weight excluding hydrogens is 318 g/mol. The molecule has 2 aromatic rings. The molecule has 1 atom stereocenters. The average Bonchev–Trinajstić information content (AvgIpc) is 3.01. The maximum absolute atomic E-state index is 12.4. The maximum atomic E-state index is 12.4. The third-order valence-corrected chi connectivity index (χ3v) is 4.25. The van der Waals surface area contributed by atoms with Gasteiger partial charge in [-0.05, 0) is 36.6 Å². The zero-order valence-electron chi connectivity index (χ0n) is 12.2. The number of nitrogens with one attached hydrogen (secondary N) is 1. The van der Waals surface area contributed by atoms with Gasteiger partial charge in [0.25, 0.3) is 5.91 Å². The van der Waals surface area contributed by atoms with Crippen molar-refractivity contribution in [3.8, 4) is 17.2 Å². The molecule has 0 saturated carbocycles. The Morgan fingerprint density at radius 2 is 1.91 bits per heavy atom. The molecule has 0 spiro atoms. The maximum Gasteiger partial charge on any atom is 0.265 e. The number of rotatable bonds is 2. The van der Waals surface area contributed by atoms with Crippen LogP contribution >= 0.6 is 11.6 Å². The Morgan fingerprint density at radius 1 is 1.13 bits per heavy atom. The number of hydrogen-bond acceptors (Lipinski definition) is 4. The van der Waals surface area contributed by atoms with E-state index in [0.29, 0.717) is 28.6 Å². The Labute approximate surface area is 138 Å². The Bertz CT molecular complexity index is 777. The van der Waals surface area contributed by atoms with Crippen molar-refractivity contribution in [3.63, 3.8) is 0 Å². The SMILES string of the molecule is O=C(Nc1ccccc1Cl)C1CCc2cc3c(cc2O1)OCO3. The van der Waals surface area contributed by atoms with E-state index in [9.17, 15) is 4.79 Å². The van der Waals surface area contributed by atoms with Crippen LogP contribution in [0.15, 0.2) is 36.4 Å². The molecule has 23 heavy (non-hydrogen) atoms. The quantitative estimate of drug-likeness (QED) is 0.916. The summed E-state index contributed by atoms with van der Waals surface area (Å²) in [6, 6.07) is 10.8. The Morgan fingerprint density at radius 3 is 2.74 bits per heavy atom. The summed E-state index contributed by atoms with van der Waals surface area (Å²) in [6.07, 6.45) is 0.786. The van der Waals surface area contributed by atoms with Crippen LogP contribution in [0.25, 0.3) is 0 Å². The zero-order valence-corrected chi connectivity index (χ0v) is 12.9. The lowest BCUT2D eigenvalue weighted by Crippen LogP contribution is -2.35. The third-order valence-electron chi connectivity index (χ3n) is 3.92. The number of carbonyl (C=O) groups excluding carboxylic acids is 1. The van der Waals surface area contributed by atoms with E-state index in [1.807, 2.05) is 18.2 Å². The van der Waals surface area contributed by atoms with Crippen LogP contribution in [-0.2, 0) is 11.2 Å². The van der Waals surface area contributed by atoms with Gasteiger partial charge in [0, 0.05) is 6.07 Å². The van der Waals surface area contributed by atoms with Crippen molar-refractivity contribution in [2.24, 2.45) is 0 Å². The van der Waals surface area contributed by atoms with Gasteiger partial charge in [-0.3, -0.25) is 4.79 Å². The number of carbonyl (C=O) groups is 1. The number of fused-ring (bicyclic) bond motifs is 2. The van der Waals surface area contributed by atoms with Crippen LogP contribution < -0.4 is 19.5 Å². The summed E-state index contributed by atoms with van der Waals surface area (Å²) in [7, 11) is 0. The van der Waals surface area contributed by atoms with Crippen LogP contribution in [0.2, 0.25) is 5.02 Å². The molecule has 4 rings (SSSR count). The van der Waals surface area contributed by atoms with Crippen LogP contribution in [0, 0.1) is 0 Å². The topological polar surface area (TPSA) is 56.8 Å². The van der Waals surface area contributed by atoms with Gasteiger partial charge in [-0.15, -0.1) is 0 Å². The van der Waals surface area contributed by atoms with Gasteiger partial charge in [0.2, 0.25) is 6.79 Å². The van der Waals surface area contributed by atoms with Crippen molar-refractivity contribution in [2.45, 2.75) is 18.9 Å². The fourth-order valence-corrected chi connectivity index (χ4v) is 2.91. The first kappa shape index (κ1) is 14.2. The fraction of sp³-hybridized carbons (Fsp3) is 0.235. The van der Waals surface area contributed by atoms with Crippen LogP contribution in [-0.4, -0.2) is 18.8 Å². The number of benzene rings is 2. The highest BCUT2D eigenvalue weighted by molar-refractivity contribution is 6.33. The number of hydrogen-bond donors (Lipinski definition) is 1. The van der Waals surface area contributed by atoms with Gasteiger partial charge in [0.05, 0.1) is 10.7 Å². The summed E-state index contributed by atoms with van der Waals surface area (Å²) < 4.78 is 16.6. The van der Waals surface area contributed by atoms with E-state index in [1.54, 1.807) is 18.2 Å². The largest absolute Gasteiger partial charge is 0.480 e. The summed E-state index contributed by atoms with van der Waals surface area (Å²) in [5.74, 6) is 1.84. The number of aryl methyl sites for hydroxylation is 1. The first-order valence-electron chi connectivity index (χ1n) is 7.35. The monoisotopic (exact) mass is 331 g/mol. The minimum atomic E-state index is -0.556. The first-order chi connectivity index (χ1) is 11.2. The Hall–Kier alpha value is -2.40. The van der Waals surface area contributed by atoms with Crippen molar-refractivity contribution in [1.82, 2.24) is 0 Å². The zero-order chi connectivity index (χ0) is 15.8. The highest BCUT2D eigenvalue weighted by Gasteiger charge is 2.29. The van der Waals surface area contributed by atoms with Gasteiger partial charge in [-0.25, -0.2) is 0 Å². The Balaban J connectivity index is 1.51. The van der Waals surface area contributed by atoms with Crippen LogP contribution in [0.4, 0.5) is 5.69 Å². The molecule has 5 nitrogen and oxygen atoms in total. The first-order valence-corrected chi connectivity index (χ1v) is 7.73. The van der Waals surface area contributed by atoms with Gasteiger partial charge in [-0.2, -0.15) is 0 Å². The fourth-order valence-electron chi connectivity index (χ4n) is 2.73. The minimum absolute atomic E-state index is 0.207. The lowest BCUT2D eigenvalue weighted by Gasteiger charge is -2.25. The second-order valence-corrected chi connectivity index (χ2v) is 5.83. The Kier molecular flexibility index (Phi) is 3.50. The molecule has 118 valence electrons. The van der Waals surface area contributed by atoms with E-state index < -0.39 is 6.10 Å². The highest BCUT2D eigenvalue weighted by atomic mass is 35.5. The van der Waals surface area contributed by atoms with Crippen LogP contribution in [0.3, 0.4) is 0 Å². The van der Waals surface area contributed by atoms with E-state index >= 15 is 0 Å². The van der Waals surface area contributed by atoms with E-state index in [1.165, 1.54) is 0 Å². The van der Waals surface area contributed by atoms with Gasteiger partial charge in [-0.1, -0.05) is 23.7 Å². The molecule has 2 aromatic carbocycles. The molecule has 0 aliphatic carbocycles. The summed E-state index contributed by atoms with van der Waals surface area (Å²) in [4.78, 5) is 12.4. The molecule has 0 radical (unpaired) electrons. The molecule has 6 heteroatoms. The predicted molar refractivity (Wildman–Crippen MR) is 85.4 cm³/mol. The van der Waals surface area contributed by atoms with E-state index in [0.717, 1.165) is 17.7 Å². The molecule has 2 heterocycles. The van der Waals surface area contributed by atoms with Crippen molar-refractivity contribution in [1.29, 1.82) is 0 Å². The molecule has 1 N–H and O–H groups in total. The van der Waals surface area contributed by atoms with Crippen molar-refractivity contribution in [3.05, 3.63) is 47.0 Å². The minimum Gasteiger partial charge on any atom is -0.480 e. The number of ether oxygens (including phenoxy) is 3. The standard InChI is InChI=1S/C17H14ClNO4/c18-11-3-1-2-4-12(11)19-17(20)13-6-5-10-7-15-16(22-9-21-15)8-14(10)23-13/h1-4,7-8,13H,5-6,9H2,(H,19,20). The van der Waals surface area contributed by atoms with Crippen LogP contribution in [0.1, 0.15) is 12.0 Å². The van der Waals surface area contributed by atoms with Crippen molar-refractivity contribution < 1.29 is 19.0 Å². The number of para-hydroxylation sites is 1. The second-order valence-electron chi connectivity index (χ2n) is 5.43. The molecule has 1 unspecified atom stereocenters. The van der Waals surface area contributed by atoms with Crippen molar-refractivity contribution in [2.75, 3.05) is 12.1 Å². The molecular formula is C17H14ClNO4. The van der Waals surface area contributed by atoms with Crippen LogP contribution in [0.5, 0.6) is 17.2 Å². The van der Waals surface area contributed by atoms with Gasteiger partial charge in [0.1, 0.15) is 5.75 Å². The van der Waals surface area contributed by atoms with E-state index in [-0.39, 0.29) is 12.7 Å². The van der Waals surface area contributed by atoms with E-state index in [2.05, 4.69) is 5.32 Å². The summed E-state index contributed by atoms with van der Waals surface area (Å²) in [5, 5.41) is 3.31. The molecule has 0 saturated heterocycles. The summed E-state index contributed by atoms with van der Waals surface area (Å²) in [6.45, 7) is 0.217. The normalized spacial score (nSPS) is 18.0. The number of amides is 1. The van der Waals surface area contributed by atoms with Gasteiger partial charge < -0.3 is 19.5 Å². The van der Waals surface area contributed by atoms with E-state index in [4.69, 9.17) is 25.8 Å². The molecule has 0 aromatic heterocycles. The molecule has 2 aliphatic rings.